The SMILES string of the molecule is CN(C)C(=O)c1ccc(OCc2ccc(Cl)s2)cc1. The second-order valence-corrected chi connectivity index (χ2v) is 6.02. The third-order valence-electron chi connectivity index (χ3n) is 2.52. The molecule has 2 aromatic rings. The largest absolute Gasteiger partial charge is 0.488 e. The molecule has 19 heavy (non-hydrogen) atoms. The van der Waals surface area contributed by atoms with E-state index in [0.29, 0.717) is 12.2 Å². The Morgan fingerprint density at radius 2 is 1.89 bits per heavy atom. The molecule has 1 amide bonds. The predicted octanol–water partition coefficient (Wildman–Crippen LogP) is 3.68. The molecule has 2 rings (SSSR count). The highest BCUT2D eigenvalue weighted by atomic mass is 35.5. The van der Waals surface area contributed by atoms with Crippen molar-refractivity contribution >= 4 is 28.8 Å². The zero-order valence-electron chi connectivity index (χ0n) is 10.7. The maximum Gasteiger partial charge on any atom is 0.253 e. The molecule has 100 valence electrons. The Labute approximate surface area is 121 Å². The first-order valence-corrected chi connectivity index (χ1v) is 6.94. The number of hydrogen-bond donors (Lipinski definition) is 0. The minimum absolute atomic E-state index is 0.0170. The van der Waals surface area contributed by atoms with Gasteiger partial charge in [-0.05, 0) is 36.4 Å². The minimum atomic E-state index is -0.0170. The first kappa shape index (κ1) is 13.9. The number of ether oxygens (including phenoxy) is 1. The van der Waals surface area contributed by atoms with Crippen molar-refractivity contribution in [2.45, 2.75) is 6.61 Å². The number of thiophene rings is 1. The molecule has 0 atom stereocenters. The molecule has 0 N–H and O–H groups in total. The summed E-state index contributed by atoms with van der Waals surface area (Å²) in [5, 5.41) is 0. The molecule has 5 heteroatoms. The lowest BCUT2D eigenvalue weighted by atomic mass is 10.2. The van der Waals surface area contributed by atoms with Crippen molar-refractivity contribution in [3.8, 4) is 5.75 Å². The van der Waals surface area contributed by atoms with E-state index in [1.807, 2.05) is 12.1 Å². The summed E-state index contributed by atoms with van der Waals surface area (Å²) in [5.41, 5.74) is 0.650. The minimum Gasteiger partial charge on any atom is -0.488 e. The molecule has 0 saturated carbocycles. The van der Waals surface area contributed by atoms with Gasteiger partial charge in [-0.1, -0.05) is 11.6 Å². The first-order chi connectivity index (χ1) is 9.06. The van der Waals surface area contributed by atoms with Crippen molar-refractivity contribution in [1.29, 1.82) is 0 Å². The van der Waals surface area contributed by atoms with Crippen LogP contribution in [-0.2, 0) is 6.61 Å². The van der Waals surface area contributed by atoms with Crippen LogP contribution in [0.3, 0.4) is 0 Å². The lowest BCUT2D eigenvalue weighted by Crippen LogP contribution is -2.21. The topological polar surface area (TPSA) is 29.5 Å². The van der Waals surface area contributed by atoms with E-state index in [9.17, 15) is 4.79 Å². The van der Waals surface area contributed by atoms with Crippen LogP contribution in [0.4, 0.5) is 0 Å². The van der Waals surface area contributed by atoms with E-state index in [0.717, 1.165) is 15.0 Å². The maximum atomic E-state index is 11.7. The highest BCUT2D eigenvalue weighted by molar-refractivity contribution is 7.16. The Bertz CT molecular complexity index is 563. The molecule has 0 radical (unpaired) electrons. The van der Waals surface area contributed by atoms with E-state index < -0.39 is 0 Å². The second kappa shape index (κ2) is 6.08. The van der Waals surface area contributed by atoms with Crippen LogP contribution in [0.5, 0.6) is 5.75 Å². The van der Waals surface area contributed by atoms with Gasteiger partial charge in [-0.25, -0.2) is 0 Å². The van der Waals surface area contributed by atoms with Gasteiger partial charge in [-0.15, -0.1) is 11.3 Å². The number of amides is 1. The molecule has 3 nitrogen and oxygen atoms in total. The molecule has 0 fully saturated rings. The predicted molar refractivity (Wildman–Crippen MR) is 78.1 cm³/mol. The normalized spacial score (nSPS) is 10.3. The number of rotatable bonds is 4. The fraction of sp³-hybridized carbons (Fsp3) is 0.214. The Morgan fingerprint density at radius 1 is 1.21 bits per heavy atom. The van der Waals surface area contributed by atoms with Crippen molar-refractivity contribution in [1.82, 2.24) is 4.90 Å². The van der Waals surface area contributed by atoms with Gasteiger partial charge in [0.1, 0.15) is 12.4 Å². The van der Waals surface area contributed by atoms with Gasteiger partial charge >= 0.3 is 0 Å². The Morgan fingerprint density at radius 3 is 2.42 bits per heavy atom. The van der Waals surface area contributed by atoms with E-state index in [1.54, 1.807) is 43.3 Å². The van der Waals surface area contributed by atoms with Crippen LogP contribution in [-0.4, -0.2) is 24.9 Å². The molecular weight excluding hydrogens is 282 g/mol. The zero-order chi connectivity index (χ0) is 13.8. The summed E-state index contributed by atoms with van der Waals surface area (Å²) in [7, 11) is 3.46. The van der Waals surface area contributed by atoms with Crippen LogP contribution < -0.4 is 4.74 Å². The van der Waals surface area contributed by atoms with Crippen LogP contribution in [0, 0.1) is 0 Å². The van der Waals surface area contributed by atoms with Crippen molar-refractivity contribution in [3.63, 3.8) is 0 Å². The van der Waals surface area contributed by atoms with Crippen LogP contribution in [0.15, 0.2) is 36.4 Å². The number of carbonyl (C=O) groups excluding carboxylic acids is 1. The van der Waals surface area contributed by atoms with Gasteiger partial charge in [-0.3, -0.25) is 4.79 Å². The van der Waals surface area contributed by atoms with Gasteiger partial charge in [0.25, 0.3) is 5.91 Å². The first-order valence-electron chi connectivity index (χ1n) is 5.75. The number of hydrogen-bond acceptors (Lipinski definition) is 3. The maximum absolute atomic E-state index is 11.7. The summed E-state index contributed by atoms with van der Waals surface area (Å²) in [5.74, 6) is 0.719. The summed E-state index contributed by atoms with van der Waals surface area (Å²) in [6.45, 7) is 0.484. The summed E-state index contributed by atoms with van der Waals surface area (Å²) in [6.07, 6.45) is 0. The second-order valence-electron chi connectivity index (χ2n) is 4.22. The number of nitrogens with zero attached hydrogens (tertiary/aromatic N) is 1. The highest BCUT2D eigenvalue weighted by Gasteiger charge is 2.07. The van der Waals surface area contributed by atoms with E-state index in [1.165, 1.54) is 11.3 Å². The van der Waals surface area contributed by atoms with Crippen LogP contribution in [0.25, 0.3) is 0 Å². The zero-order valence-corrected chi connectivity index (χ0v) is 12.3. The fourth-order valence-electron chi connectivity index (χ4n) is 1.54. The molecule has 0 saturated heterocycles. The van der Waals surface area contributed by atoms with E-state index in [2.05, 4.69) is 0 Å². The standard InChI is InChI=1S/C14H14ClNO2S/c1-16(2)14(17)10-3-5-11(6-4-10)18-9-12-7-8-13(15)19-12/h3-8H,9H2,1-2H3. The van der Waals surface area contributed by atoms with Gasteiger partial charge in [0, 0.05) is 24.5 Å². The summed E-state index contributed by atoms with van der Waals surface area (Å²) >= 11 is 7.35. The molecular formula is C14H14ClNO2S. The summed E-state index contributed by atoms with van der Waals surface area (Å²) < 4.78 is 6.38. The van der Waals surface area contributed by atoms with Crippen LogP contribution >= 0.6 is 22.9 Å². The average Bonchev–Trinajstić information content (AvgIpc) is 2.82. The Hall–Kier alpha value is -1.52. The quantitative estimate of drug-likeness (QED) is 0.861. The molecule has 0 bridgehead atoms. The molecule has 0 aliphatic rings. The van der Waals surface area contributed by atoms with E-state index in [4.69, 9.17) is 16.3 Å². The smallest absolute Gasteiger partial charge is 0.253 e. The lowest BCUT2D eigenvalue weighted by molar-refractivity contribution is 0.0827. The number of halogens is 1. The van der Waals surface area contributed by atoms with E-state index >= 15 is 0 Å². The monoisotopic (exact) mass is 295 g/mol. The fourth-order valence-corrected chi connectivity index (χ4v) is 2.54. The summed E-state index contributed by atoms with van der Waals surface area (Å²) in [6, 6.07) is 10.9. The van der Waals surface area contributed by atoms with Crippen molar-refractivity contribution in [2.24, 2.45) is 0 Å². The van der Waals surface area contributed by atoms with Crippen LogP contribution in [0.2, 0.25) is 4.34 Å². The van der Waals surface area contributed by atoms with Crippen molar-refractivity contribution < 1.29 is 9.53 Å². The van der Waals surface area contributed by atoms with E-state index in [-0.39, 0.29) is 5.91 Å². The molecule has 1 aromatic carbocycles. The third kappa shape index (κ3) is 3.72. The average molecular weight is 296 g/mol. The summed E-state index contributed by atoms with van der Waals surface area (Å²) in [4.78, 5) is 14.3. The van der Waals surface area contributed by atoms with Crippen molar-refractivity contribution in [3.05, 3.63) is 51.2 Å². The lowest BCUT2D eigenvalue weighted by Gasteiger charge is -2.10. The van der Waals surface area contributed by atoms with Gasteiger partial charge in [0.05, 0.1) is 4.34 Å². The highest BCUT2D eigenvalue weighted by Crippen LogP contribution is 2.23. The molecule has 0 spiro atoms. The molecule has 1 aromatic heterocycles. The molecule has 0 aliphatic carbocycles. The Kier molecular flexibility index (Phi) is 4.45. The van der Waals surface area contributed by atoms with Gasteiger partial charge in [-0.2, -0.15) is 0 Å². The van der Waals surface area contributed by atoms with Gasteiger partial charge in [0.2, 0.25) is 0 Å². The Balaban J connectivity index is 1.97. The van der Waals surface area contributed by atoms with Gasteiger partial charge in [0.15, 0.2) is 0 Å². The molecule has 0 unspecified atom stereocenters. The molecule has 1 heterocycles. The number of benzene rings is 1. The third-order valence-corrected chi connectivity index (χ3v) is 3.72. The van der Waals surface area contributed by atoms with Crippen molar-refractivity contribution in [2.75, 3.05) is 14.1 Å². The molecule has 0 aliphatic heterocycles. The van der Waals surface area contributed by atoms with Gasteiger partial charge < -0.3 is 9.64 Å². The van der Waals surface area contributed by atoms with Crippen LogP contribution in [0.1, 0.15) is 15.2 Å². The number of carbonyl (C=O) groups is 1.